The molecule has 0 aromatic heterocycles. The number of halogens is 1. The molecule has 0 radical (unpaired) electrons. The van der Waals surface area contributed by atoms with Crippen molar-refractivity contribution in [1.82, 2.24) is 10.2 Å². The topological polar surface area (TPSA) is 52.6 Å². The summed E-state index contributed by atoms with van der Waals surface area (Å²) in [5.41, 5.74) is 0.913. The number of benzene rings is 1. The number of nitrogens with zero attached hydrogens (tertiary/aromatic N) is 1. The number of nitrogens with one attached hydrogen (secondary N) is 1. The van der Waals surface area contributed by atoms with E-state index in [1.807, 2.05) is 18.4 Å². The Labute approximate surface area is 153 Å². The molecule has 2 N–H and O–H groups in total. The zero-order valence-corrected chi connectivity index (χ0v) is 16.2. The molecule has 1 amide bonds. The number of hydrogen-bond acceptors (Lipinski definition) is 4. The minimum Gasteiger partial charge on any atom is -0.394 e. The van der Waals surface area contributed by atoms with E-state index in [1.54, 1.807) is 0 Å². The summed E-state index contributed by atoms with van der Waals surface area (Å²) in [5.74, 6) is 0.805. The highest BCUT2D eigenvalue weighted by Gasteiger charge is 2.48. The quantitative estimate of drug-likeness (QED) is 0.774. The normalized spacial score (nSPS) is 27.4. The molecule has 6 heteroatoms. The fraction of sp³-hybridized carbons (Fsp3) is 0.611. The zero-order valence-electron chi connectivity index (χ0n) is 14.6. The van der Waals surface area contributed by atoms with Gasteiger partial charge in [0, 0.05) is 23.1 Å². The number of aliphatic hydroxyl groups is 1. The Morgan fingerprint density at radius 2 is 2.12 bits per heavy atom. The molecule has 24 heavy (non-hydrogen) atoms. The van der Waals surface area contributed by atoms with Crippen molar-refractivity contribution in [1.29, 1.82) is 0 Å². The summed E-state index contributed by atoms with van der Waals surface area (Å²) in [4.78, 5) is 14.2. The highest BCUT2D eigenvalue weighted by molar-refractivity contribution is 7.99. The lowest BCUT2D eigenvalue weighted by molar-refractivity contribution is -0.118. The lowest BCUT2D eigenvalue weighted by Crippen LogP contribution is -2.45. The maximum atomic E-state index is 11.9. The zero-order chi connectivity index (χ0) is 17.7. The van der Waals surface area contributed by atoms with Crippen molar-refractivity contribution in [2.75, 3.05) is 31.7 Å². The average Bonchev–Trinajstić information content (AvgIpc) is 2.86. The summed E-state index contributed by atoms with van der Waals surface area (Å²) in [6.07, 6.45) is 2.78. The first-order chi connectivity index (χ1) is 11.4. The Morgan fingerprint density at radius 1 is 1.46 bits per heavy atom. The molecule has 0 spiro atoms. The molecule has 1 saturated heterocycles. The van der Waals surface area contributed by atoms with Crippen LogP contribution >= 0.6 is 23.4 Å². The second-order valence-corrected chi connectivity index (χ2v) is 7.94. The van der Waals surface area contributed by atoms with Gasteiger partial charge in [-0.05, 0) is 49.8 Å². The number of carbonyl (C=O) groups excluding carboxylic acids is 1. The molecule has 0 saturated carbocycles. The first-order valence-corrected chi connectivity index (χ1v) is 10.1. The van der Waals surface area contributed by atoms with Crippen LogP contribution in [0.2, 0.25) is 5.02 Å². The first kappa shape index (κ1) is 19.6. The lowest BCUT2D eigenvalue weighted by atomic mass is 9.90. The van der Waals surface area contributed by atoms with Crippen molar-refractivity contribution in [3.8, 4) is 0 Å². The summed E-state index contributed by atoms with van der Waals surface area (Å²) in [6.45, 7) is 5.80. The van der Waals surface area contributed by atoms with Gasteiger partial charge in [-0.1, -0.05) is 30.7 Å². The highest BCUT2D eigenvalue weighted by atomic mass is 35.5. The highest BCUT2D eigenvalue weighted by Crippen LogP contribution is 2.46. The second-order valence-electron chi connectivity index (χ2n) is 6.64. The van der Waals surface area contributed by atoms with Crippen LogP contribution in [0, 0.1) is 5.92 Å². The Balaban J connectivity index is 2.24. The number of rotatable bonds is 7. The minimum atomic E-state index is -0.270. The number of thioether (sulfide) groups is 1. The van der Waals surface area contributed by atoms with E-state index in [2.05, 4.69) is 36.2 Å². The number of carbonyl (C=O) groups is 1. The molecule has 1 heterocycles. The van der Waals surface area contributed by atoms with Gasteiger partial charge in [0.15, 0.2) is 0 Å². The number of likely N-dealkylation sites (tertiary alicyclic amines) is 1. The summed E-state index contributed by atoms with van der Waals surface area (Å²) >= 11 is 7.56. The Kier molecular flexibility index (Phi) is 6.99. The molecule has 1 fully saturated rings. The van der Waals surface area contributed by atoms with Crippen LogP contribution in [-0.4, -0.2) is 53.2 Å². The van der Waals surface area contributed by atoms with Crippen molar-refractivity contribution < 1.29 is 9.90 Å². The van der Waals surface area contributed by atoms with Gasteiger partial charge in [0.1, 0.15) is 0 Å². The Hall–Kier alpha value is -0.750. The van der Waals surface area contributed by atoms with Crippen LogP contribution in [0.4, 0.5) is 0 Å². The van der Waals surface area contributed by atoms with Crippen molar-refractivity contribution in [3.63, 3.8) is 0 Å². The predicted octanol–water partition coefficient (Wildman–Crippen LogP) is 2.95. The third kappa shape index (κ3) is 4.26. The summed E-state index contributed by atoms with van der Waals surface area (Å²) in [7, 11) is 0. The third-order valence-corrected chi connectivity index (χ3v) is 5.71. The number of likely N-dealkylation sites (N-methyl/N-ethyl adjacent to an activating group) is 1. The molecule has 1 aliphatic rings. The Morgan fingerprint density at radius 3 is 2.67 bits per heavy atom. The Bertz CT molecular complexity index is 554. The van der Waals surface area contributed by atoms with Crippen LogP contribution < -0.4 is 5.32 Å². The largest absolute Gasteiger partial charge is 0.394 e. The van der Waals surface area contributed by atoms with Gasteiger partial charge in [-0.3, -0.25) is 9.69 Å². The predicted molar refractivity (Wildman–Crippen MR) is 102 cm³/mol. The van der Waals surface area contributed by atoms with E-state index in [0.29, 0.717) is 12.3 Å². The van der Waals surface area contributed by atoms with E-state index in [4.69, 9.17) is 11.6 Å². The fourth-order valence-corrected chi connectivity index (χ4v) is 4.33. The number of amides is 1. The SMILES string of the molecule is CCN1[C@@H](c2ccc(Cl)cc2)[C@@H](CNC(=O)CSC)C[C@@]1(C)CO. The molecule has 0 bridgehead atoms. The maximum Gasteiger partial charge on any atom is 0.229 e. The summed E-state index contributed by atoms with van der Waals surface area (Å²) in [6, 6.07) is 8.08. The number of aliphatic hydroxyl groups excluding tert-OH is 1. The summed E-state index contributed by atoms with van der Waals surface area (Å²) in [5, 5.41) is 13.7. The average molecular weight is 371 g/mol. The van der Waals surface area contributed by atoms with E-state index in [9.17, 15) is 9.90 Å². The standard InChI is InChI=1S/C18H27ClN2O2S/c1-4-21-17(13-5-7-15(19)8-6-13)14(9-18(21,2)12-22)10-20-16(23)11-24-3/h5-8,14,17,22H,4,9-12H2,1-3H3,(H,20,23)/t14-,17+,18+/m1/s1. The molecular formula is C18H27ClN2O2S. The van der Waals surface area contributed by atoms with E-state index >= 15 is 0 Å². The molecule has 3 atom stereocenters. The van der Waals surface area contributed by atoms with E-state index in [0.717, 1.165) is 18.0 Å². The van der Waals surface area contributed by atoms with Crippen molar-refractivity contribution in [3.05, 3.63) is 34.9 Å². The van der Waals surface area contributed by atoms with Crippen molar-refractivity contribution in [2.45, 2.75) is 31.8 Å². The van der Waals surface area contributed by atoms with Crippen molar-refractivity contribution >= 4 is 29.3 Å². The first-order valence-electron chi connectivity index (χ1n) is 8.34. The molecule has 2 rings (SSSR count). The molecule has 0 unspecified atom stereocenters. The van der Waals surface area contributed by atoms with Crippen LogP contribution in [0.15, 0.2) is 24.3 Å². The van der Waals surface area contributed by atoms with E-state index in [1.165, 1.54) is 17.3 Å². The van der Waals surface area contributed by atoms with Gasteiger partial charge in [-0.25, -0.2) is 0 Å². The fourth-order valence-electron chi connectivity index (χ4n) is 3.84. The maximum absolute atomic E-state index is 11.9. The van der Waals surface area contributed by atoms with Gasteiger partial charge >= 0.3 is 0 Å². The molecular weight excluding hydrogens is 344 g/mol. The molecule has 0 aliphatic carbocycles. The van der Waals surface area contributed by atoms with Crippen LogP contribution in [0.25, 0.3) is 0 Å². The molecule has 1 aromatic carbocycles. The van der Waals surface area contributed by atoms with Gasteiger partial charge in [-0.15, -0.1) is 0 Å². The van der Waals surface area contributed by atoms with Gasteiger partial charge in [0.2, 0.25) is 5.91 Å². The smallest absolute Gasteiger partial charge is 0.229 e. The summed E-state index contributed by atoms with van der Waals surface area (Å²) < 4.78 is 0. The van der Waals surface area contributed by atoms with Gasteiger partial charge < -0.3 is 10.4 Å². The van der Waals surface area contributed by atoms with Gasteiger partial charge in [0.05, 0.1) is 12.4 Å². The van der Waals surface area contributed by atoms with Crippen LogP contribution in [0.3, 0.4) is 0 Å². The van der Waals surface area contributed by atoms with Crippen LogP contribution in [-0.2, 0) is 4.79 Å². The second kappa shape index (κ2) is 8.56. The van der Waals surface area contributed by atoms with Gasteiger partial charge in [0.25, 0.3) is 0 Å². The van der Waals surface area contributed by atoms with Crippen LogP contribution in [0.1, 0.15) is 31.9 Å². The van der Waals surface area contributed by atoms with Gasteiger partial charge in [-0.2, -0.15) is 11.8 Å². The molecule has 1 aromatic rings. The van der Waals surface area contributed by atoms with E-state index < -0.39 is 0 Å². The monoisotopic (exact) mass is 370 g/mol. The van der Waals surface area contributed by atoms with Crippen LogP contribution in [0.5, 0.6) is 0 Å². The molecule has 134 valence electrons. The lowest BCUT2D eigenvalue weighted by Gasteiger charge is -2.37. The van der Waals surface area contributed by atoms with E-state index in [-0.39, 0.29) is 30.0 Å². The molecule has 1 aliphatic heterocycles. The number of hydrogen-bond donors (Lipinski definition) is 2. The minimum absolute atomic E-state index is 0.0676. The third-order valence-electron chi connectivity index (χ3n) is 4.91. The molecule has 4 nitrogen and oxygen atoms in total. The van der Waals surface area contributed by atoms with Crippen molar-refractivity contribution in [2.24, 2.45) is 5.92 Å².